The highest BCUT2D eigenvalue weighted by atomic mass is 16.5. The van der Waals surface area contributed by atoms with Crippen molar-refractivity contribution >= 4 is 16.9 Å². The van der Waals surface area contributed by atoms with Gasteiger partial charge in [0.15, 0.2) is 0 Å². The predicted molar refractivity (Wildman–Crippen MR) is 95.8 cm³/mol. The number of aromatic nitrogens is 1. The standard InChI is InChI=1S/C20H20N2O3/c1-24-13-7-5-6-12(10-13)18-19-15(11-17(22-18)20(23)25-2)14-8-3-4-9-16(14)21-19/h3-10,17-18,21-22H,11H2,1-2H3/t17-,18?/m0/s1. The number of para-hydroxylation sites is 1. The van der Waals surface area contributed by atoms with Gasteiger partial charge in [-0.1, -0.05) is 30.3 Å². The summed E-state index contributed by atoms with van der Waals surface area (Å²) >= 11 is 0. The summed E-state index contributed by atoms with van der Waals surface area (Å²) in [4.78, 5) is 15.7. The van der Waals surface area contributed by atoms with Crippen LogP contribution in [0, 0.1) is 0 Å². The number of aromatic amines is 1. The van der Waals surface area contributed by atoms with E-state index in [9.17, 15) is 4.79 Å². The average Bonchev–Trinajstić information content (AvgIpc) is 3.05. The first-order chi connectivity index (χ1) is 12.2. The van der Waals surface area contributed by atoms with Crippen molar-refractivity contribution in [1.82, 2.24) is 10.3 Å². The van der Waals surface area contributed by atoms with Crippen molar-refractivity contribution in [2.75, 3.05) is 14.2 Å². The third-order valence-corrected chi connectivity index (χ3v) is 4.82. The molecule has 2 heterocycles. The maximum Gasteiger partial charge on any atom is 0.323 e. The lowest BCUT2D eigenvalue weighted by Crippen LogP contribution is -2.45. The van der Waals surface area contributed by atoms with E-state index in [1.807, 2.05) is 36.4 Å². The van der Waals surface area contributed by atoms with Crippen LogP contribution in [0.1, 0.15) is 22.9 Å². The van der Waals surface area contributed by atoms with Crippen molar-refractivity contribution in [3.05, 3.63) is 65.4 Å². The maximum atomic E-state index is 12.2. The zero-order valence-corrected chi connectivity index (χ0v) is 14.2. The number of benzene rings is 2. The molecule has 1 aromatic heterocycles. The fourth-order valence-electron chi connectivity index (χ4n) is 3.61. The largest absolute Gasteiger partial charge is 0.497 e. The zero-order valence-electron chi connectivity index (χ0n) is 14.2. The molecule has 0 radical (unpaired) electrons. The fraction of sp³-hybridized carbons (Fsp3) is 0.250. The van der Waals surface area contributed by atoms with Crippen molar-refractivity contribution in [2.45, 2.75) is 18.5 Å². The van der Waals surface area contributed by atoms with Crippen LogP contribution in [0.3, 0.4) is 0 Å². The number of methoxy groups -OCH3 is 2. The van der Waals surface area contributed by atoms with Crippen molar-refractivity contribution in [1.29, 1.82) is 0 Å². The highest BCUT2D eigenvalue weighted by molar-refractivity contribution is 5.87. The van der Waals surface area contributed by atoms with Crippen LogP contribution in [0.2, 0.25) is 0 Å². The molecule has 4 rings (SSSR count). The number of nitrogens with one attached hydrogen (secondary N) is 2. The SMILES string of the molecule is COC(=O)[C@@H]1Cc2c([nH]c3ccccc23)C(c2cccc(OC)c2)N1. The van der Waals surface area contributed by atoms with Crippen LogP contribution >= 0.6 is 0 Å². The van der Waals surface area contributed by atoms with E-state index in [1.54, 1.807) is 7.11 Å². The van der Waals surface area contributed by atoms with Crippen LogP contribution in [0.5, 0.6) is 5.75 Å². The number of carbonyl (C=O) groups is 1. The van der Waals surface area contributed by atoms with E-state index in [0.29, 0.717) is 6.42 Å². The zero-order chi connectivity index (χ0) is 17.4. The molecule has 5 heteroatoms. The Kier molecular flexibility index (Phi) is 3.93. The summed E-state index contributed by atoms with van der Waals surface area (Å²) in [5.74, 6) is 0.543. The van der Waals surface area contributed by atoms with Crippen molar-refractivity contribution < 1.29 is 14.3 Å². The van der Waals surface area contributed by atoms with Crippen LogP contribution in [0.25, 0.3) is 10.9 Å². The lowest BCUT2D eigenvalue weighted by atomic mass is 9.90. The molecule has 0 fully saturated rings. The second kappa shape index (κ2) is 6.26. The Balaban J connectivity index is 1.87. The molecule has 2 atom stereocenters. The van der Waals surface area contributed by atoms with Gasteiger partial charge in [-0.05, 0) is 29.3 Å². The van der Waals surface area contributed by atoms with Gasteiger partial charge in [-0.2, -0.15) is 0 Å². The van der Waals surface area contributed by atoms with Gasteiger partial charge >= 0.3 is 5.97 Å². The van der Waals surface area contributed by atoms with Gasteiger partial charge in [0.2, 0.25) is 0 Å². The smallest absolute Gasteiger partial charge is 0.323 e. The molecule has 3 aromatic rings. The summed E-state index contributed by atoms with van der Waals surface area (Å²) in [6.07, 6.45) is 0.604. The number of ether oxygens (including phenoxy) is 2. The van der Waals surface area contributed by atoms with Gasteiger partial charge < -0.3 is 14.5 Å². The van der Waals surface area contributed by atoms with Gasteiger partial charge in [0, 0.05) is 23.0 Å². The van der Waals surface area contributed by atoms with Crippen molar-refractivity contribution in [3.63, 3.8) is 0 Å². The topological polar surface area (TPSA) is 63.4 Å². The molecular weight excluding hydrogens is 316 g/mol. The fourth-order valence-corrected chi connectivity index (χ4v) is 3.61. The Bertz CT molecular complexity index is 932. The first kappa shape index (κ1) is 15.7. The van der Waals surface area contributed by atoms with E-state index in [1.165, 1.54) is 7.11 Å². The molecular formula is C20H20N2O3. The van der Waals surface area contributed by atoms with Gasteiger partial charge in [-0.25, -0.2) is 0 Å². The molecule has 2 aromatic carbocycles. The van der Waals surface area contributed by atoms with Gasteiger partial charge in [0.05, 0.1) is 20.3 Å². The Morgan fingerprint density at radius 3 is 2.76 bits per heavy atom. The average molecular weight is 336 g/mol. The quantitative estimate of drug-likeness (QED) is 0.722. The third-order valence-electron chi connectivity index (χ3n) is 4.82. The number of carbonyl (C=O) groups excluding carboxylic acids is 1. The van der Waals surface area contributed by atoms with Crippen LogP contribution in [0.4, 0.5) is 0 Å². The molecule has 0 spiro atoms. The van der Waals surface area contributed by atoms with Crippen LogP contribution in [0.15, 0.2) is 48.5 Å². The maximum absolute atomic E-state index is 12.2. The van der Waals surface area contributed by atoms with Crippen LogP contribution in [-0.4, -0.2) is 31.2 Å². The van der Waals surface area contributed by atoms with E-state index in [-0.39, 0.29) is 18.1 Å². The predicted octanol–water partition coefficient (Wildman–Crippen LogP) is 2.95. The molecule has 0 amide bonds. The van der Waals surface area contributed by atoms with E-state index in [0.717, 1.165) is 33.5 Å². The molecule has 1 aliphatic rings. The molecule has 0 saturated carbocycles. The summed E-state index contributed by atoms with van der Waals surface area (Å²) in [5, 5.41) is 4.58. The van der Waals surface area contributed by atoms with Crippen LogP contribution < -0.4 is 10.1 Å². The van der Waals surface area contributed by atoms with E-state index in [4.69, 9.17) is 9.47 Å². The Hall–Kier alpha value is -2.79. The molecule has 0 aliphatic carbocycles. The van der Waals surface area contributed by atoms with Gasteiger partial charge in [0.1, 0.15) is 11.8 Å². The summed E-state index contributed by atoms with van der Waals surface area (Å²) in [5.41, 5.74) is 4.38. The van der Waals surface area contributed by atoms with Crippen molar-refractivity contribution in [2.24, 2.45) is 0 Å². The minimum absolute atomic E-state index is 0.129. The van der Waals surface area contributed by atoms with Crippen LogP contribution in [-0.2, 0) is 16.0 Å². The highest BCUT2D eigenvalue weighted by Crippen LogP contribution is 2.36. The minimum Gasteiger partial charge on any atom is -0.497 e. The second-order valence-electron chi connectivity index (χ2n) is 6.22. The molecule has 128 valence electrons. The molecule has 0 bridgehead atoms. The first-order valence-electron chi connectivity index (χ1n) is 8.28. The molecule has 5 nitrogen and oxygen atoms in total. The number of hydrogen-bond donors (Lipinski definition) is 2. The third kappa shape index (κ3) is 2.66. The number of hydrogen-bond acceptors (Lipinski definition) is 4. The van der Waals surface area contributed by atoms with Crippen molar-refractivity contribution in [3.8, 4) is 5.75 Å². The van der Waals surface area contributed by atoms with E-state index in [2.05, 4.69) is 22.4 Å². The Morgan fingerprint density at radius 2 is 1.96 bits per heavy atom. The summed E-state index contributed by atoms with van der Waals surface area (Å²) in [7, 11) is 3.08. The lowest BCUT2D eigenvalue weighted by molar-refractivity contribution is -0.143. The molecule has 1 aliphatic heterocycles. The van der Waals surface area contributed by atoms with Gasteiger partial charge in [0.25, 0.3) is 0 Å². The summed E-state index contributed by atoms with van der Waals surface area (Å²) in [6, 6.07) is 15.6. The summed E-state index contributed by atoms with van der Waals surface area (Å²) < 4.78 is 10.3. The first-order valence-corrected chi connectivity index (χ1v) is 8.28. The molecule has 0 saturated heterocycles. The van der Waals surface area contributed by atoms with Gasteiger partial charge in [-0.15, -0.1) is 0 Å². The molecule has 2 N–H and O–H groups in total. The Morgan fingerprint density at radius 1 is 1.12 bits per heavy atom. The van der Waals surface area contributed by atoms with Gasteiger partial charge in [-0.3, -0.25) is 10.1 Å². The summed E-state index contributed by atoms with van der Waals surface area (Å²) in [6.45, 7) is 0. The second-order valence-corrected chi connectivity index (χ2v) is 6.22. The van der Waals surface area contributed by atoms with E-state index >= 15 is 0 Å². The molecule has 25 heavy (non-hydrogen) atoms. The van der Waals surface area contributed by atoms with E-state index < -0.39 is 0 Å². The number of fused-ring (bicyclic) bond motifs is 3. The number of rotatable bonds is 3. The number of esters is 1. The number of H-pyrrole nitrogens is 1. The minimum atomic E-state index is -0.382. The lowest BCUT2D eigenvalue weighted by Gasteiger charge is -2.30. The Labute approximate surface area is 146 Å². The monoisotopic (exact) mass is 336 g/mol. The normalized spacial score (nSPS) is 19.4. The highest BCUT2D eigenvalue weighted by Gasteiger charge is 2.34. The molecule has 1 unspecified atom stereocenters.